The van der Waals surface area contributed by atoms with E-state index in [4.69, 9.17) is 18.4 Å². The predicted octanol–water partition coefficient (Wildman–Crippen LogP) is 4.39. The van der Waals surface area contributed by atoms with E-state index in [1.807, 2.05) is 44.2 Å². The van der Waals surface area contributed by atoms with E-state index in [2.05, 4.69) is 10.1 Å². The summed E-state index contributed by atoms with van der Waals surface area (Å²) < 4.78 is 21.3. The smallest absolute Gasteiger partial charge is 0.310 e. The van der Waals surface area contributed by atoms with E-state index < -0.39 is 5.97 Å². The standard InChI is InChI=1S/C22H20N2O5/c1-13-7-8-18-16(11-28-21(18)14(13)2)10-20(25)27-12-19-23-22(24-29-19)15-5-4-6-17(9-15)26-3/h4-9,11H,10,12H2,1-3H3. The molecule has 0 bridgehead atoms. The van der Waals surface area contributed by atoms with Gasteiger partial charge >= 0.3 is 5.97 Å². The van der Waals surface area contributed by atoms with Crippen molar-refractivity contribution in [3.05, 3.63) is 65.2 Å². The van der Waals surface area contributed by atoms with Crippen LogP contribution >= 0.6 is 0 Å². The van der Waals surface area contributed by atoms with Gasteiger partial charge in [-0.3, -0.25) is 4.79 Å². The molecular formula is C22H20N2O5. The molecule has 2 aromatic carbocycles. The molecule has 7 heteroatoms. The number of esters is 1. The van der Waals surface area contributed by atoms with Crippen LogP contribution in [0.1, 0.15) is 22.6 Å². The average Bonchev–Trinajstić information content (AvgIpc) is 3.37. The predicted molar refractivity (Wildman–Crippen MR) is 105 cm³/mol. The molecule has 4 rings (SSSR count). The molecule has 0 amide bonds. The number of hydrogen-bond acceptors (Lipinski definition) is 7. The van der Waals surface area contributed by atoms with Gasteiger partial charge in [0.15, 0.2) is 6.61 Å². The van der Waals surface area contributed by atoms with Gasteiger partial charge in [0.1, 0.15) is 11.3 Å². The Bertz CT molecular complexity index is 1180. The third-order valence-electron chi connectivity index (χ3n) is 4.83. The van der Waals surface area contributed by atoms with Gasteiger partial charge in [-0.05, 0) is 37.1 Å². The van der Waals surface area contributed by atoms with Gasteiger partial charge < -0.3 is 18.4 Å². The van der Waals surface area contributed by atoms with Crippen LogP contribution in [0.5, 0.6) is 5.75 Å². The summed E-state index contributed by atoms with van der Waals surface area (Å²) in [7, 11) is 1.59. The Morgan fingerprint density at radius 2 is 2.03 bits per heavy atom. The monoisotopic (exact) mass is 392 g/mol. The highest BCUT2D eigenvalue weighted by Crippen LogP contribution is 2.27. The first kappa shape index (κ1) is 18.7. The second-order valence-electron chi connectivity index (χ2n) is 6.73. The van der Waals surface area contributed by atoms with Crippen molar-refractivity contribution in [2.24, 2.45) is 0 Å². The van der Waals surface area contributed by atoms with Gasteiger partial charge in [-0.2, -0.15) is 4.98 Å². The maximum atomic E-state index is 12.3. The van der Waals surface area contributed by atoms with Gasteiger partial charge in [-0.25, -0.2) is 0 Å². The summed E-state index contributed by atoms with van der Waals surface area (Å²) in [5, 5.41) is 4.85. The maximum Gasteiger partial charge on any atom is 0.310 e. The quantitative estimate of drug-likeness (QED) is 0.450. The van der Waals surface area contributed by atoms with Crippen LogP contribution in [0, 0.1) is 13.8 Å². The summed E-state index contributed by atoms with van der Waals surface area (Å²) in [5.41, 5.74) is 4.55. The SMILES string of the molecule is COc1cccc(-c2noc(COC(=O)Cc3coc4c(C)c(C)ccc34)n2)c1. The number of carbonyl (C=O) groups excluding carboxylic acids is 1. The van der Waals surface area contributed by atoms with Crippen LogP contribution in [-0.4, -0.2) is 23.2 Å². The fourth-order valence-electron chi connectivity index (χ4n) is 3.07. The largest absolute Gasteiger partial charge is 0.497 e. The summed E-state index contributed by atoms with van der Waals surface area (Å²) in [5.74, 6) is 0.923. The number of aryl methyl sites for hydroxylation is 2. The number of fused-ring (bicyclic) bond motifs is 1. The molecule has 0 spiro atoms. The molecule has 0 aliphatic carbocycles. The summed E-state index contributed by atoms with van der Waals surface area (Å²) in [6.45, 7) is 3.93. The number of rotatable bonds is 6. The van der Waals surface area contributed by atoms with E-state index in [-0.39, 0.29) is 18.9 Å². The average molecular weight is 392 g/mol. The number of aromatic nitrogens is 2. The van der Waals surface area contributed by atoms with Crippen LogP contribution in [0.4, 0.5) is 0 Å². The van der Waals surface area contributed by atoms with Crippen molar-refractivity contribution in [3.8, 4) is 17.1 Å². The van der Waals surface area contributed by atoms with Crippen molar-refractivity contribution in [2.45, 2.75) is 26.9 Å². The number of ether oxygens (including phenoxy) is 2. The first-order valence-corrected chi connectivity index (χ1v) is 9.14. The van der Waals surface area contributed by atoms with Gasteiger partial charge in [0.25, 0.3) is 5.89 Å². The molecule has 29 heavy (non-hydrogen) atoms. The van der Waals surface area contributed by atoms with E-state index in [0.717, 1.165) is 33.2 Å². The van der Waals surface area contributed by atoms with E-state index in [0.29, 0.717) is 11.6 Å². The molecule has 0 aliphatic rings. The van der Waals surface area contributed by atoms with Crippen molar-refractivity contribution in [1.29, 1.82) is 0 Å². The van der Waals surface area contributed by atoms with E-state index in [1.54, 1.807) is 19.4 Å². The zero-order valence-electron chi connectivity index (χ0n) is 16.4. The van der Waals surface area contributed by atoms with Crippen molar-refractivity contribution >= 4 is 16.9 Å². The Kier molecular flexibility index (Phi) is 5.03. The lowest BCUT2D eigenvalue weighted by Crippen LogP contribution is -2.08. The van der Waals surface area contributed by atoms with Gasteiger partial charge in [0, 0.05) is 16.5 Å². The Morgan fingerprint density at radius 1 is 1.17 bits per heavy atom. The zero-order valence-corrected chi connectivity index (χ0v) is 16.4. The number of furan rings is 1. The summed E-state index contributed by atoms with van der Waals surface area (Å²) in [6, 6.07) is 11.3. The molecule has 0 fully saturated rings. The fraction of sp³-hybridized carbons (Fsp3) is 0.227. The summed E-state index contributed by atoms with van der Waals surface area (Å²) >= 11 is 0. The number of methoxy groups -OCH3 is 1. The van der Waals surface area contributed by atoms with Crippen molar-refractivity contribution in [2.75, 3.05) is 7.11 Å². The van der Waals surface area contributed by atoms with Crippen LogP contribution in [0.3, 0.4) is 0 Å². The molecule has 0 saturated carbocycles. The Hall–Kier alpha value is -3.61. The van der Waals surface area contributed by atoms with Crippen LogP contribution < -0.4 is 4.74 Å². The van der Waals surface area contributed by atoms with E-state index in [1.165, 1.54) is 0 Å². The minimum atomic E-state index is -0.396. The Balaban J connectivity index is 1.40. The zero-order chi connectivity index (χ0) is 20.4. The molecular weight excluding hydrogens is 372 g/mol. The highest BCUT2D eigenvalue weighted by atomic mass is 16.6. The highest BCUT2D eigenvalue weighted by Gasteiger charge is 2.15. The van der Waals surface area contributed by atoms with Crippen LogP contribution in [0.15, 0.2) is 51.6 Å². The van der Waals surface area contributed by atoms with Crippen LogP contribution in [0.2, 0.25) is 0 Å². The van der Waals surface area contributed by atoms with Crippen molar-refractivity contribution < 1.29 is 23.2 Å². The first-order chi connectivity index (χ1) is 14.0. The Labute approximate surface area is 167 Å². The van der Waals surface area contributed by atoms with Crippen molar-refractivity contribution in [1.82, 2.24) is 10.1 Å². The van der Waals surface area contributed by atoms with Crippen LogP contribution in [-0.2, 0) is 22.6 Å². The minimum absolute atomic E-state index is 0.0935. The van der Waals surface area contributed by atoms with Gasteiger partial charge in [0.2, 0.25) is 5.82 Å². The molecule has 148 valence electrons. The van der Waals surface area contributed by atoms with Gasteiger partial charge in [-0.1, -0.05) is 29.4 Å². The molecule has 0 atom stereocenters. The van der Waals surface area contributed by atoms with Gasteiger partial charge in [-0.15, -0.1) is 0 Å². The van der Waals surface area contributed by atoms with E-state index >= 15 is 0 Å². The second-order valence-corrected chi connectivity index (χ2v) is 6.73. The second kappa shape index (κ2) is 7.79. The molecule has 0 aliphatic heterocycles. The molecule has 4 aromatic rings. The van der Waals surface area contributed by atoms with Crippen LogP contribution in [0.25, 0.3) is 22.4 Å². The van der Waals surface area contributed by atoms with Gasteiger partial charge in [0.05, 0.1) is 19.8 Å². The number of benzene rings is 2. The minimum Gasteiger partial charge on any atom is -0.497 e. The number of carbonyl (C=O) groups is 1. The molecule has 2 aromatic heterocycles. The lowest BCUT2D eigenvalue weighted by Gasteiger charge is -2.02. The first-order valence-electron chi connectivity index (χ1n) is 9.14. The van der Waals surface area contributed by atoms with E-state index in [9.17, 15) is 4.79 Å². The molecule has 0 unspecified atom stereocenters. The topological polar surface area (TPSA) is 87.6 Å². The summed E-state index contributed by atoms with van der Waals surface area (Å²) in [4.78, 5) is 16.5. The third-order valence-corrected chi connectivity index (χ3v) is 4.83. The number of nitrogens with zero attached hydrogens (tertiary/aromatic N) is 2. The molecule has 0 radical (unpaired) electrons. The normalized spacial score (nSPS) is 11.0. The highest BCUT2D eigenvalue weighted by molar-refractivity contribution is 5.88. The Morgan fingerprint density at radius 3 is 2.86 bits per heavy atom. The third kappa shape index (κ3) is 3.85. The molecule has 0 N–H and O–H groups in total. The van der Waals surface area contributed by atoms with Crippen molar-refractivity contribution in [3.63, 3.8) is 0 Å². The molecule has 7 nitrogen and oxygen atoms in total. The number of hydrogen-bond donors (Lipinski definition) is 0. The maximum absolute atomic E-state index is 12.3. The fourth-order valence-corrected chi connectivity index (χ4v) is 3.07. The molecule has 0 saturated heterocycles. The lowest BCUT2D eigenvalue weighted by molar-refractivity contribution is -0.144. The molecule has 2 heterocycles. The lowest BCUT2D eigenvalue weighted by atomic mass is 10.0. The summed E-state index contributed by atoms with van der Waals surface area (Å²) in [6.07, 6.45) is 1.71.